The molecule has 1 aromatic carbocycles. The van der Waals surface area contributed by atoms with Crippen LogP contribution in [0, 0.1) is 6.92 Å². The Hall–Kier alpha value is -2.60. The highest BCUT2D eigenvalue weighted by molar-refractivity contribution is 7.13. The van der Waals surface area contributed by atoms with Gasteiger partial charge in [0.1, 0.15) is 10.8 Å². The van der Waals surface area contributed by atoms with Gasteiger partial charge in [-0.05, 0) is 50.1 Å². The number of primary amides is 1. The number of methoxy groups -OCH3 is 1. The van der Waals surface area contributed by atoms with Crippen molar-refractivity contribution >= 4 is 17.2 Å². The Morgan fingerprint density at radius 2 is 1.93 bits per heavy atom. The molecule has 2 N–H and O–H groups in total. The van der Waals surface area contributed by atoms with Crippen LogP contribution in [-0.4, -0.2) is 22.6 Å². The molecule has 0 atom stereocenters. The van der Waals surface area contributed by atoms with E-state index in [2.05, 4.69) is 18.4 Å². The van der Waals surface area contributed by atoms with Crippen LogP contribution in [0.3, 0.4) is 0 Å². The maximum atomic E-state index is 11.9. The number of benzene rings is 1. The Labute approximate surface area is 163 Å². The third-order valence-corrected chi connectivity index (χ3v) is 5.86. The van der Waals surface area contributed by atoms with Crippen molar-refractivity contribution in [1.29, 1.82) is 0 Å². The summed E-state index contributed by atoms with van der Waals surface area (Å²) < 4.78 is 7.44. The lowest BCUT2D eigenvalue weighted by Gasteiger charge is -2.20. The molecule has 0 fully saturated rings. The summed E-state index contributed by atoms with van der Waals surface area (Å²) in [6.45, 7) is 6.27. The molecule has 27 heavy (non-hydrogen) atoms. The number of nitrogens with zero attached hydrogens (tertiary/aromatic N) is 2. The van der Waals surface area contributed by atoms with Crippen molar-refractivity contribution in [2.45, 2.75) is 39.7 Å². The van der Waals surface area contributed by atoms with Crippen LogP contribution in [0.2, 0.25) is 0 Å². The third kappa shape index (κ3) is 3.62. The Morgan fingerprint density at radius 1 is 1.26 bits per heavy atom. The van der Waals surface area contributed by atoms with Crippen LogP contribution in [0.5, 0.6) is 5.75 Å². The first-order valence-electron chi connectivity index (χ1n) is 9.12. The summed E-state index contributed by atoms with van der Waals surface area (Å²) in [5.74, 6) is 0.420. The maximum absolute atomic E-state index is 11.9. The van der Waals surface area contributed by atoms with E-state index in [9.17, 15) is 4.79 Å². The fourth-order valence-electron chi connectivity index (χ4n) is 3.45. The molecule has 1 amide bonds. The molecule has 5 nitrogen and oxygen atoms in total. The van der Waals surface area contributed by atoms with Crippen LogP contribution < -0.4 is 10.5 Å². The van der Waals surface area contributed by atoms with Crippen LogP contribution in [0.1, 0.15) is 48.8 Å². The van der Waals surface area contributed by atoms with Crippen LogP contribution >= 0.6 is 11.3 Å². The molecular formula is C21H25N3O2S. The Morgan fingerprint density at radius 3 is 2.48 bits per heavy atom. The zero-order valence-corrected chi connectivity index (χ0v) is 17.0. The molecule has 0 aliphatic carbocycles. The van der Waals surface area contributed by atoms with Gasteiger partial charge < -0.3 is 15.0 Å². The number of carbonyl (C=O) groups excluding carboxylic acids is 1. The van der Waals surface area contributed by atoms with Crippen molar-refractivity contribution in [3.8, 4) is 27.7 Å². The minimum atomic E-state index is -0.399. The van der Waals surface area contributed by atoms with Gasteiger partial charge in [-0.25, -0.2) is 4.98 Å². The minimum Gasteiger partial charge on any atom is -0.497 e. The van der Waals surface area contributed by atoms with E-state index in [0.717, 1.165) is 46.2 Å². The predicted octanol–water partition coefficient (Wildman–Crippen LogP) is 5.06. The number of hydrogen-bond acceptors (Lipinski definition) is 4. The molecule has 3 rings (SSSR count). The fourth-order valence-corrected chi connectivity index (χ4v) is 4.27. The Kier molecular flexibility index (Phi) is 5.65. The van der Waals surface area contributed by atoms with Crippen molar-refractivity contribution < 1.29 is 9.53 Å². The van der Waals surface area contributed by atoms with Crippen molar-refractivity contribution in [2.24, 2.45) is 5.73 Å². The molecule has 0 saturated heterocycles. The number of hydrogen-bond donors (Lipinski definition) is 1. The van der Waals surface area contributed by atoms with Gasteiger partial charge in [0.2, 0.25) is 0 Å². The first-order valence-corrected chi connectivity index (χ1v) is 10.00. The number of aromatic nitrogens is 2. The Balaban J connectivity index is 2.07. The maximum Gasteiger partial charge on any atom is 0.250 e. The van der Waals surface area contributed by atoms with E-state index < -0.39 is 5.91 Å². The van der Waals surface area contributed by atoms with Gasteiger partial charge in [-0.2, -0.15) is 0 Å². The van der Waals surface area contributed by atoms with Crippen LogP contribution in [0.4, 0.5) is 0 Å². The van der Waals surface area contributed by atoms with Gasteiger partial charge in [0, 0.05) is 22.7 Å². The highest BCUT2D eigenvalue weighted by Crippen LogP contribution is 2.35. The van der Waals surface area contributed by atoms with Gasteiger partial charge in [-0.3, -0.25) is 4.79 Å². The second-order valence-corrected chi connectivity index (χ2v) is 7.36. The molecule has 0 radical (unpaired) electrons. The SMILES string of the molecule is CCC(CC)n1c(-c2csc(-c3ccc(OC)cc3)n2)cc(C(N)=O)c1C. The molecule has 0 aliphatic rings. The smallest absolute Gasteiger partial charge is 0.250 e. The van der Waals surface area contributed by atoms with E-state index >= 15 is 0 Å². The van der Waals surface area contributed by atoms with Gasteiger partial charge in [-0.1, -0.05) is 13.8 Å². The van der Waals surface area contributed by atoms with Crippen molar-refractivity contribution in [1.82, 2.24) is 9.55 Å². The third-order valence-electron chi connectivity index (χ3n) is 4.97. The molecule has 2 aromatic heterocycles. The normalized spacial score (nSPS) is 11.1. The first-order chi connectivity index (χ1) is 13.0. The summed E-state index contributed by atoms with van der Waals surface area (Å²) in [5, 5.41) is 2.97. The summed E-state index contributed by atoms with van der Waals surface area (Å²) in [6.07, 6.45) is 1.96. The zero-order chi connectivity index (χ0) is 19.6. The number of ether oxygens (including phenoxy) is 1. The highest BCUT2D eigenvalue weighted by atomic mass is 32.1. The number of carbonyl (C=O) groups is 1. The number of thiazole rings is 1. The van der Waals surface area contributed by atoms with Gasteiger partial charge in [0.15, 0.2) is 0 Å². The Bertz CT molecular complexity index is 937. The van der Waals surface area contributed by atoms with Gasteiger partial charge in [-0.15, -0.1) is 11.3 Å². The van der Waals surface area contributed by atoms with E-state index in [0.29, 0.717) is 11.6 Å². The first kappa shape index (κ1) is 19.2. The zero-order valence-electron chi connectivity index (χ0n) is 16.2. The lowest BCUT2D eigenvalue weighted by Crippen LogP contribution is -2.14. The summed E-state index contributed by atoms with van der Waals surface area (Å²) in [6, 6.07) is 10.0. The standard InChI is InChI=1S/C21H25N3O2S/c1-5-15(6-2)24-13(3)17(20(22)25)11-19(24)18-12-27-21(23-18)14-7-9-16(26-4)10-8-14/h7-12,15H,5-6H2,1-4H3,(H2,22,25). The lowest BCUT2D eigenvalue weighted by atomic mass is 10.1. The molecule has 6 heteroatoms. The summed E-state index contributed by atoms with van der Waals surface area (Å²) in [5.41, 5.74) is 9.93. The minimum absolute atomic E-state index is 0.305. The van der Waals surface area contributed by atoms with Gasteiger partial charge in [0.25, 0.3) is 5.91 Å². The summed E-state index contributed by atoms with van der Waals surface area (Å²) >= 11 is 1.59. The largest absolute Gasteiger partial charge is 0.497 e. The molecule has 0 bridgehead atoms. The fraction of sp³-hybridized carbons (Fsp3) is 0.333. The average Bonchev–Trinajstić information content (AvgIpc) is 3.29. The van der Waals surface area contributed by atoms with Gasteiger partial charge >= 0.3 is 0 Å². The van der Waals surface area contributed by atoms with Crippen molar-refractivity contribution in [3.63, 3.8) is 0 Å². The lowest BCUT2D eigenvalue weighted by molar-refractivity contribution is 0.0999. The number of rotatable bonds is 7. The average molecular weight is 384 g/mol. The second-order valence-electron chi connectivity index (χ2n) is 6.50. The van der Waals surface area contributed by atoms with E-state index in [-0.39, 0.29) is 0 Å². The molecule has 0 aliphatic heterocycles. The summed E-state index contributed by atoms with van der Waals surface area (Å²) in [7, 11) is 1.65. The van der Waals surface area contributed by atoms with E-state index in [1.807, 2.05) is 42.6 Å². The van der Waals surface area contributed by atoms with Crippen LogP contribution in [0.15, 0.2) is 35.7 Å². The second kappa shape index (κ2) is 7.96. The van der Waals surface area contributed by atoms with E-state index in [1.54, 1.807) is 18.4 Å². The van der Waals surface area contributed by atoms with E-state index in [1.165, 1.54) is 0 Å². The number of amides is 1. The van der Waals surface area contributed by atoms with Crippen molar-refractivity contribution in [2.75, 3.05) is 7.11 Å². The predicted molar refractivity (Wildman–Crippen MR) is 110 cm³/mol. The van der Waals surface area contributed by atoms with Gasteiger partial charge in [0.05, 0.1) is 24.1 Å². The monoisotopic (exact) mass is 383 g/mol. The molecule has 3 aromatic rings. The molecule has 2 heterocycles. The quantitative estimate of drug-likeness (QED) is 0.620. The number of nitrogens with two attached hydrogens (primary N) is 1. The molecule has 0 spiro atoms. The molecular weight excluding hydrogens is 358 g/mol. The summed E-state index contributed by atoms with van der Waals surface area (Å²) in [4.78, 5) is 16.7. The van der Waals surface area contributed by atoms with Crippen LogP contribution in [0.25, 0.3) is 22.0 Å². The van der Waals surface area contributed by atoms with E-state index in [4.69, 9.17) is 15.5 Å². The van der Waals surface area contributed by atoms with Crippen LogP contribution in [-0.2, 0) is 0 Å². The molecule has 0 unspecified atom stereocenters. The molecule has 142 valence electrons. The van der Waals surface area contributed by atoms with Crippen molar-refractivity contribution in [3.05, 3.63) is 47.0 Å². The highest BCUT2D eigenvalue weighted by Gasteiger charge is 2.22. The topological polar surface area (TPSA) is 70.1 Å². The molecule has 0 saturated carbocycles.